The molecule has 1 aromatic heterocycles. The highest BCUT2D eigenvalue weighted by Gasteiger charge is 2.16. The van der Waals surface area contributed by atoms with Crippen molar-refractivity contribution in [2.45, 2.75) is 10.8 Å². The Kier molecular flexibility index (Phi) is 3.46. The number of benzene rings is 1. The summed E-state index contributed by atoms with van der Waals surface area (Å²) < 4.78 is 26.8. The van der Waals surface area contributed by atoms with Crippen LogP contribution in [0.4, 0.5) is 5.69 Å². The SMILES string of the molecule is NCc1csc(S(=O)(=O)Nc2ccccc2)c1. The monoisotopic (exact) mass is 268 g/mol. The van der Waals surface area contributed by atoms with Gasteiger partial charge in [0, 0.05) is 12.2 Å². The lowest BCUT2D eigenvalue weighted by atomic mass is 10.3. The first-order valence-electron chi connectivity index (χ1n) is 4.97. The number of rotatable bonds is 4. The van der Waals surface area contributed by atoms with Crippen LogP contribution in [0.3, 0.4) is 0 Å². The van der Waals surface area contributed by atoms with Crippen LogP contribution in [-0.4, -0.2) is 8.42 Å². The Morgan fingerprint density at radius 2 is 1.94 bits per heavy atom. The normalized spacial score (nSPS) is 11.4. The van der Waals surface area contributed by atoms with Gasteiger partial charge in [0.1, 0.15) is 4.21 Å². The van der Waals surface area contributed by atoms with Crippen LogP contribution in [0.15, 0.2) is 46.0 Å². The summed E-state index contributed by atoms with van der Waals surface area (Å²) in [5, 5.41) is 1.75. The molecule has 0 atom stereocenters. The molecule has 0 aliphatic carbocycles. The molecular formula is C11H12N2O2S2. The second-order valence-electron chi connectivity index (χ2n) is 3.45. The number of sulfonamides is 1. The molecule has 6 heteroatoms. The lowest BCUT2D eigenvalue weighted by Crippen LogP contribution is -2.11. The lowest BCUT2D eigenvalue weighted by molar-refractivity contribution is 0.603. The second-order valence-corrected chi connectivity index (χ2v) is 6.27. The van der Waals surface area contributed by atoms with Crippen LogP contribution >= 0.6 is 11.3 Å². The van der Waals surface area contributed by atoms with E-state index in [2.05, 4.69) is 4.72 Å². The fourth-order valence-electron chi connectivity index (χ4n) is 1.31. The van der Waals surface area contributed by atoms with Crippen LogP contribution in [0.1, 0.15) is 5.56 Å². The number of nitrogens with one attached hydrogen (secondary N) is 1. The molecule has 90 valence electrons. The summed E-state index contributed by atoms with van der Waals surface area (Å²) in [7, 11) is -3.49. The van der Waals surface area contributed by atoms with Gasteiger partial charge in [-0.2, -0.15) is 0 Å². The van der Waals surface area contributed by atoms with E-state index in [9.17, 15) is 8.42 Å². The molecule has 1 heterocycles. The zero-order chi connectivity index (χ0) is 12.3. The molecule has 17 heavy (non-hydrogen) atoms. The maximum atomic E-state index is 12.0. The Labute approximate surface area is 104 Å². The molecule has 0 amide bonds. The van der Waals surface area contributed by atoms with Gasteiger partial charge in [0.2, 0.25) is 0 Å². The summed E-state index contributed by atoms with van der Waals surface area (Å²) in [4.78, 5) is 0. The molecule has 0 aliphatic rings. The van der Waals surface area contributed by atoms with E-state index in [1.807, 2.05) is 6.07 Å². The zero-order valence-electron chi connectivity index (χ0n) is 8.96. The molecule has 0 fully saturated rings. The molecule has 0 radical (unpaired) electrons. The zero-order valence-corrected chi connectivity index (χ0v) is 10.6. The van der Waals surface area contributed by atoms with Crippen molar-refractivity contribution in [1.82, 2.24) is 0 Å². The number of anilines is 1. The van der Waals surface area contributed by atoms with E-state index in [4.69, 9.17) is 5.73 Å². The van der Waals surface area contributed by atoms with E-state index >= 15 is 0 Å². The van der Waals surface area contributed by atoms with Crippen LogP contribution in [0.25, 0.3) is 0 Å². The highest BCUT2D eigenvalue weighted by atomic mass is 32.2. The molecule has 0 aliphatic heterocycles. The predicted octanol–water partition coefficient (Wildman–Crippen LogP) is 2.01. The minimum Gasteiger partial charge on any atom is -0.326 e. The summed E-state index contributed by atoms with van der Waals surface area (Å²) >= 11 is 1.17. The van der Waals surface area contributed by atoms with Crippen molar-refractivity contribution in [2.75, 3.05) is 4.72 Å². The summed E-state index contributed by atoms with van der Waals surface area (Å²) in [6, 6.07) is 10.4. The molecule has 0 spiro atoms. The van der Waals surface area contributed by atoms with E-state index in [1.165, 1.54) is 11.3 Å². The van der Waals surface area contributed by atoms with Crippen molar-refractivity contribution in [3.8, 4) is 0 Å². The van der Waals surface area contributed by atoms with E-state index < -0.39 is 10.0 Å². The van der Waals surface area contributed by atoms with Crippen LogP contribution < -0.4 is 10.5 Å². The Balaban J connectivity index is 2.25. The van der Waals surface area contributed by atoms with Gasteiger partial charge in [-0.15, -0.1) is 11.3 Å². The Morgan fingerprint density at radius 1 is 1.24 bits per heavy atom. The quantitative estimate of drug-likeness (QED) is 0.891. The van der Waals surface area contributed by atoms with Gasteiger partial charge in [-0.1, -0.05) is 18.2 Å². The van der Waals surface area contributed by atoms with Crippen molar-refractivity contribution in [3.63, 3.8) is 0 Å². The third-order valence-corrected chi connectivity index (χ3v) is 5.03. The van der Waals surface area contributed by atoms with Gasteiger partial charge in [-0.3, -0.25) is 4.72 Å². The van der Waals surface area contributed by atoms with Crippen molar-refractivity contribution >= 4 is 27.0 Å². The lowest BCUT2D eigenvalue weighted by Gasteiger charge is -2.05. The largest absolute Gasteiger partial charge is 0.326 e. The van der Waals surface area contributed by atoms with Gasteiger partial charge in [-0.05, 0) is 29.1 Å². The average molecular weight is 268 g/mol. The van der Waals surface area contributed by atoms with Gasteiger partial charge in [0.15, 0.2) is 0 Å². The number of nitrogens with two attached hydrogens (primary N) is 1. The molecule has 0 saturated heterocycles. The highest BCUT2D eigenvalue weighted by molar-refractivity contribution is 7.94. The molecule has 0 saturated carbocycles. The molecule has 1 aromatic carbocycles. The smallest absolute Gasteiger partial charge is 0.271 e. The first-order chi connectivity index (χ1) is 8.12. The number of hydrogen-bond acceptors (Lipinski definition) is 4. The van der Waals surface area contributed by atoms with Crippen LogP contribution in [0.2, 0.25) is 0 Å². The maximum absolute atomic E-state index is 12.0. The molecule has 3 N–H and O–H groups in total. The minimum absolute atomic E-state index is 0.279. The molecule has 2 rings (SSSR count). The van der Waals surface area contributed by atoms with Crippen molar-refractivity contribution in [1.29, 1.82) is 0 Å². The van der Waals surface area contributed by atoms with Gasteiger partial charge >= 0.3 is 0 Å². The van der Waals surface area contributed by atoms with Gasteiger partial charge in [0.05, 0.1) is 0 Å². The Morgan fingerprint density at radius 3 is 2.53 bits per heavy atom. The molecule has 4 nitrogen and oxygen atoms in total. The van der Waals surface area contributed by atoms with Crippen molar-refractivity contribution < 1.29 is 8.42 Å². The molecule has 0 unspecified atom stereocenters. The number of para-hydroxylation sites is 1. The van der Waals surface area contributed by atoms with Crippen molar-refractivity contribution in [2.24, 2.45) is 5.73 Å². The number of thiophene rings is 1. The van der Waals surface area contributed by atoms with Gasteiger partial charge < -0.3 is 5.73 Å². The second kappa shape index (κ2) is 4.87. The third kappa shape index (κ3) is 2.85. The topological polar surface area (TPSA) is 72.2 Å². The van der Waals surface area contributed by atoms with E-state index in [0.29, 0.717) is 12.2 Å². The Bertz CT molecular complexity index is 591. The van der Waals surface area contributed by atoms with Crippen LogP contribution in [0.5, 0.6) is 0 Å². The summed E-state index contributed by atoms with van der Waals surface area (Å²) in [5.41, 5.74) is 6.82. The fourth-order valence-corrected chi connectivity index (χ4v) is 3.59. The third-order valence-electron chi connectivity index (χ3n) is 2.16. The first kappa shape index (κ1) is 12.1. The predicted molar refractivity (Wildman–Crippen MR) is 69.5 cm³/mol. The first-order valence-corrected chi connectivity index (χ1v) is 7.33. The molecule has 0 bridgehead atoms. The highest BCUT2D eigenvalue weighted by Crippen LogP contribution is 2.22. The summed E-state index contributed by atoms with van der Waals surface area (Å²) in [6.45, 7) is 0.345. The van der Waals surface area contributed by atoms with E-state index in [1.54, 1.807) is 35.7 Å². The van der Waals surface area contributed by atoms with E-state index in [-0.39, 0.29) is 4.21 Å². The fraction of sp³-hybridized carbons (Fsp3) is 0.0909. The number of hydrogen-bond donors (Lipinski definition) is 2. The van der Waals surface area contributed by atoms with Gasteiger partial charge in [0.25, 0.3) is 10.0 Å². The average Bonchev–Trinajstić information content (AvgIpc) is 2.79. The summed E-state index contributed by atoms with van der Waals surface area (Å²) in [5.74, 6) is 0. The molecule has 2 aromatic rings. The Hall–Kier alpha value is -1.37. The summed E-state index contributed by atoms with van der Waals surface area (Å²) in [6.07, 6.45) is 0. The molecular weight excluding hydrogens is 256 g/mol. The standard InChI is InChI=1S/C11H12N2O2S2/c12-7-9-6-11(16-8-9)17(14,15)13-10-4-2-1-3-5-10/h1-6,8,13H,7,12H2. The van der Waals surface area contributed by atoms with E-state index in [0.717, 1.165) is 5.56 Å². The van der Waals surface area contributed by atoms with Crippen molar-refractivity contribution in [3.05, 3.63) is 47.3 Å². The van der Waals surface area contributed by atoms with Crippen LogP contribution in [0, 0.1) is 0 Å². The maximum Gasteiger partial charge on any atom is 0.271 e. The van der Waals surface area contributed by atoms with Gasteiger partial charge in [-0.25, -0.2) is 8.42 Å². The minimum atomic E-state index is -3.49. The van der Waals surface area contributed by atoms with Crippen LogP contribution in [-0.2, 0) is 16.6 Å².